The summed E-state index contributed by atoms with van der Waals surface area (Å²) in [6.07, 6.45) is 2.06. The molecular formula is C9H11FS2. The van der Waals surface area contributed by atoms with E-state index in [0.29, 0.717) is 0 Å². The fourth-order valence-electron chi connectivity index (χ4n) is 0.797. The molecule has 0 aliphatic carbocycles. The Kier molecular flexibility index (Phi) is 4.54. The molecule has 0 aliphatic heterocycles. The van der Waals surface area contributed by atoms with Crippen molar-refractivity contribution in [2.45, 2.75) is 4.90 Å². The van der Waals surface area contributed by atoms with Crippen LogP contribution in [-0.4, -0.2) is 17.8 Å². The zero-order chi connectivity index (χ0) is 8.81. The molecule has 0 saturated heterocycles. The SMILES string of the molecule is CSCCSc1ccccc1F. The normalized spacial score (nSPS) is 10.2. The van der Waals surface area contributed by atoms with Gasteiger partial charge in [0.15, 0.2) is 0 Å². The van der Waals surface area contributed by atoms with Gasteiger partial charge in [-0.25, -0.2) is 4.39 Å². The smallest absolute Gasteiger partial charge is 0.136 e. The van der Waals surface area contributed by atoms with Gasteiger partial charge in [-0.15, -0.1) is 11.8 Å². The number of rotatable bonds is 4. The van der Waals surface area contributed by atoms with Crippen molar-refractivity contribution in [2.24, 2.45) is 0 Å². The molecule has 1 rings (SSSR count). The average Bonchev–Trinajstić information content (AvgIpc) is 2.09. The van der Waals surface area contributed by atoms with Gasteiger partial charge in [0.2, 0.25) is 0 Å². The molecule has 0 radical (unpaired) electrons. The summed E-state index contributed by atoms with van der Waals surface area (Å²) in [4.78, 5) is 0.756. The maximum atomic E-state index is 13.0. The van der Waals surface area contributed by atoms with E-state index in [2.05, 4.69) is 6.26 Å². The van der Waals surface area contributed by atoms with Crippen molar-refractivity contribution < 1.29 is 4.39 Å². The minimum Gasteiger partial charge on any atom is -0.206 e. The molecule has 0 bridgehead atoms. The van der Waals surface area contributed by atoms with Gasteiger partial charge < -0.3 is 0 Å². The van der Waals surface area contributed by atoms with Gasteiger partial charge in [0.1, 0.15) is 5.82 Å². The van der Waals surface area contributed by atoms with Crippen LogP contribution in [0.2, 0.25) is 0 Å². The molecule has 66 valence electrons. The van der Waals surface area contributed by atoms with E-state index in [9.17, 15) is 4.39 Å². The monoisotopic (exact) mass is 202 g/mol. The number of halogens is 1. The predicted molar refractivity (Wildman–Crippen MR) is 55.5 cm³/mol. The average molecular weight is 202 g/mol. The third-order valence-corrected chi connectivity index (χ3v) is 3.30. The van der Waals surface area contributed by atoms with Gasteiger partial charge in [-0.05, 0) is 18.4 Å². The summed E-state index contributed by atoms with van der Waals surface area (Å²) in [5.41, 5.74) is 0. The molecule has 0 spiro atoms. The fraction of sp³-hybridized carbons (Fsp3) is 0.333. The standard InChI is InChI=1S/C9H11FS2/c1-11-6-7-12-9-5-3-2-4-8(9)10/h2-5H,6-7H2,1H3. The largest absolute Gasteiger partial charge is 0.206 e. The zero-order valence-electron chi connectivity index (χ0n) is 6.92. The number of hydrogen-bond acceptors (Lipinski definition) is 2. The maximum absolute atomic E-state index is 13.0. The third-order valence-electron chi connectivity index (χ3n) is 1.38. The molecule has 0 fully saturated rings. The highest BCUT2D eigenvalue weighted by Crippen LogP contribution is 2.21. The Hall–Kier alpha value is -0.150. The van der Waals surface area contributed by atoms with Crippen LogP contribution in [0.1, 0.15) is 0 Å². The van der Waals surface area contributed by atoms with E-state index in [4.69, 9.17) is 0 Å². The van der Waals surface area contributed by atoms with Gasteiger partial charge >= 0.3 is 0 Å². The lowest BCUT2D eigenvalue weighted by Crippen LogP contribution is -1.85. The van der Waals surface area contributed by atoms with Crippen LogP contribution in [-0.2, 0) is 0 Å². The van der Waals surface area contributed by atoms with Gasteiger partial charge in [-0.2, -0.15) is 11.8 Å². The number of hydrogen-bond donors (Lipinski definition) is 0. The molecule has 0 nitrogen and oxygen atoms in total. The Morgan fingerprint density at radius 3 is 2.67 bits per heavy atom. The molecular weight excluding hydrogens is 191 g/mol. The molecule has 0 heterocycles. The second kappa shape index (κ2) is 5.49. The van der Waals surface area contributed by atoms with Gasteiger partial charge in [0.25, 0.3) is 0 Å². The van der Waals surface area contributed by atoms with Gasteiger partial charge in [-0.3, -0.25) is 0 Å². The summed E-state index contributed by atoms with van der Waals surface area (Å²) >= 11 is 3.36. The molecule has 0 atom stereocenters. The first kappa shape index (κ1) is 9.93. The quantitative estimate of drug-likeness (QED) is 0.543. The van der Waals surface area contributed by atoms with E-state index in [1.54, 1.807) is 29.6 Å². The Morgan fingerprint density at radius 2 is 2.00 bits per heavy atom. The molecule has 3 heteroatoms. The van der Waals surface area contributed by atoms with E-state index < -0.39 is 0 Å². The van der Waals surface area contributed by atoms with Gasteiger partial charge in [0.05, 0.1) is 0 Å². The van der Waals surface area contributed by atoms with Crippen molar-refractivity contribution >= 4 is 23.5 Å². The van der Waals surface area contributed by atoms with Crippen molar-refractivity contribution in [3.8, 4) is 0 Å². The molecule has 1 aromatic carbocycles. The second-order valence-electron chi connectivity index (χ2n) is 2.27. The van der Waals surface area contributed by atoms with Gasteiger partial charge in [-0.1, -0.05) is 12.1 Å². The Morgan fingerprint density at radius 1 is 1.25 bits per heavy atom. The minimum absolute atomic E-state index is 0.108. The third kappa shape index (κ3) is 3.07. The van der Waals surface area contributed by atoms with Crippen LogP contribution >= 0.6 is 23.5 Å². The molecule has 12 heavy (non-hydrogen) atoms. The van der Waals surface area contributed by atoms with Gasteiger partial charge in [0, 0.05) is 16.4 Å². The highest BCUT2D eigenvalue weighted by atomic mass is 32.2. The summed E-state index contributed by atoms with van der Waals surface area (Å²) in [5, 5.41) is 0. The summed E-state index contributed by atoms with van der Waals surface area (Å²) in [6, 6.07) is 6.90. The van der Waals surface area contributed by atoms with Crippen LogP contribution in [0.5, 0.6) is 0 Å². The first-order valence-electron chi connectivity index (χ1n) is 3.71. The molecule has 0 aliphatic rings. The molecule has 0 saturated carbocycles. The van der Waals surface area contributed by atoms with Crippen LogP contribution in [0, 0.1) is 5.82 Å². The second-order valence-corrected chi connectivity index (χ2v) is 4.39. The van der Waals surface area contributed by atoms with E-state index in [1.807, 2.05) is 12.1 Å². The molecule has 0 aromatic heterocycles. The van der Waals surface area contributed by atoms with Crippen molar-refractivity contribution in [3.63, 3.8) is 0 Å². The van der Waals surface area contributed by atoms with Crippen molar-refractivity contribution in [2.75, 3.05) is 17.8 Å². The molecule has 0 N–H and O–H groups in total. The van der Waals surface area contributed by atoms with Crippen LogP contribution in [0.15, 0.2) is 29.2 Å². The maximum Gasteiger partial charge on any atom is 0.136 e. The Balaban J connectivity index is 2.46. The van der Waals surface area contributed by atoms with E-state index in [-0.39, 0.29) is 5.82 Å². The lowest BCUT2D eigenvalue weighted by atomic mass is 10.3. The van der Waals surface area contributed by atoms with Crippen LogP contribution in [0.4, 0.5) is 4.39 Å². The fourth-order valence-corrected chi connectivity index (χ4v) is 2.40. The summed E-state index contributed by atoms with van der Waals surface area (Å²) in [6.45, 7) is 0. The van der Waals surface area contributed by atoms with E-state index in [0.717, 1.165) is 16.4 Å². The minimum atomic E-state index is -0.108. The van der Waals surface area contributed by atoms with E-state index in [1.165, 1.54) is 6.07 Å². The van der Waals surface area contributed by atoms with Crippen LogP contribution < -0.4 is 0 Å². The van der Waals surface area contributed by atoms with Crippen molar-refractivity contribution in [1.29, 1.82) is 0 Å². The highest BCUT2D eigenvalue weighted by Gasteiger charge is 1.99. The Bertz CT molecular complexity index is 238. The Labute approximate surface area is 80.9 Å². The highest BCUT2D eigenvalue weighted by molar-refractivity contribution is 8.02. The number of thioether (sulfide) groups is 2. The lowest BCUT2D eigenvalue weighted by molar-refractivity contribution is 0.602. The predicted octanol–water partition coefficient (Wildman–Crippen LogP) is 3.28. The van der Waals surface area contributed by atoms with Crippen molar-refractivity contribution in [1.82, 2.24) is 0 Å². The van der Waals surface area contributed by atoms with E-state index >= 15 is 0 Å². The molecule has 0 amide bonds. The summed E-state index contributed by atoms with van der Waals surface area (Å²) in [5.74, 6) is 1.93. The number of benzene rings is 1. The zero-order valence-corrected chi connectivity index (χ0v) is 8.55. The van der Waals surface area contributed by atoms with Crippen molar-refractivity contribution in [3.05, 3.63) is 30.1 Å². The topological polar surface area (TPSA) is 0 Å². The molecule has 0 unspecified atom stereocenters. The first-order chi connectivity index (χ1) is 5.84. The van der Waals surface area contributed by atoms with Crippen LogP contribution in [0.25, 0.3) is 0 Å². The van der Waals surface area contributed by atoms with Crippen LogP contribution in [0.3, 0.4) is 0 Å². The summed E-state index contributed by atoms with van der Waals surface area (Å²) in [7, 11) is 0. The lowest BCUT2D eigenvalue weighted by Gasteiger charge is -2.00. The molecule has 1 aromatic rings. The summed E-state index contributed by atoms with van der Waals surface area (Å²) < 4.78 is 13.0. The first-order valence-corrected chi connectivity index (χ1v) is 6.09.